The smallest absolute Gasteiger partial charge is 0.320 e. The maximum Gasteiger partial charge on any atom is 0.320 e. The number of rotatable bonds is 5. The number of thioether (sulfide) groups is 1. The van der Waals surface area contributed by atoms with Gasteiger partial charge in [0.15, 0.2) is 0 Å². The molecule has 0 aromatic heterocycles. The third-order valence-corrected chi connectivity index (χ3v) is 5.74. The van der Waals surface area contributed by atoms with Crippen molar-refractivity contribution < 1.29 is 9.90 Å². The normalized spacial score (nSPS) is 19.3. The number of likely N-dealkylation sites (tertiary alicyclic amines) is 1. The SMILES string of the molecule is CSc1ccc(C(c2cccc(Br)c2)N2CCCC2C(=O)O)cc1. The number of hydrogen-bond acceptors (Lipinski definition) is 3. The Labute approximate surface area is 155 Å². The van der Waals surface area contributed by atoms with E-state index in [-0.39, 0.29) is 6.04 Å². The molecule has 0 radical (unpaired) electrons. The maximum atomic E-state index is 11.7. The van der Waals surface area contributed by atoms with Crippen LogP contribution < -0.4 is 0 Å². The number of carbonyl (C=O) groups is 1. The van der Waals surface area contributed by atoms with Crippen molar-refractivity contribution in [3.8, 4) is 0 Å². The zero-order chi connectivity index (χ0) is 17.1. The zero-order valence-corrected chi connectivity index (χ0v) is 15.9. The fourth-order valence-corrected chi connectivity index (χ4v) is 4.23. The summed E-state index contributed by atoms with van der Waals surface area (Å²) in [7, 11) is 0. The van der Waals surface area contributed by atoms with Gasteiger partial charge in [-0.3, -0.25) is 9.69 Å². The second-order valence-electron chi connectivity index (χ2n) is 5.96. The summed E-state index contributed by atoms with van der Waals surface area (Å²) in [5.74, 6) is -0.728. The van der Waals surface area contributed by atoms with Gasteiger partial charge in [-0.15, -0.1) is 11.8 Å². The third kappa shape index (κ3) is 3.68. The van der Waals surface area contributed by atoms with Crippen molar-refractivity contribution in [2.24, 2.45) is 0 Å². The van der Waals surface area contributed by atoms with E-state index in [0.717, 1.165) is 28.6 Å². The van der Waals surface area contributed by atoms with E-state index in [1.54, 1.807) is 11.8 Å². The molecule has 1 N–H and O–H groups in total. The van der Waals surface area contributed by atoms with Gasteiger partial charge in [-0.1, -0.05) is 40.2 Å². The Hall–Kier alpha value is -1.30. The molecule has 1 aliphatic heterocycles. The maximum absolute atomic E-state index is 11.7. The van der Waals surface area contributed by atoms with Gasteiger partial charge in [0.05, 0.1) is 6.04 Å². The summed E-state index contributed by atoms with van der Waals surface area (Å²) >= 11 is 5.25. The summed E-state index contributed by atoms with van der Waals surface area (Å²) in [5, 5.41) is 9.61. The molecule has 0 bridgehead atoms. The van der Waals surface area contributed by atoms with Crippen molar-refractivity contribution in [3.05, 3.63) is 64.1 Å². The molecule has 3 rings (SSSR count). The summed E-state index contributed by atoms with van der Waals surface area (Å²) in [6, 6.07) is 16.2. The first kappa shape index (κ1) is 17.5. The van der Waals surface area contributed by atoms with E-state index in [1.165, 1.54) is 4.90 Å². The van der Waals surface area contributed by atoms with E-state index >= 15 is 0 Å². The Balaban J connectivity index is 2.04. The number of carboxylic acids is 1. The molecule has 1 saturated heterocycles. The van der Waals surface area contributed by atoms with Gasteiger partial charge in [-0.25, -0.2) is 0 Å². The van der Waals surface area contributed by atoms with Crippen LogP contribution in [0.5, 0.6) is 0 Å². The van der Waals surface area contributed by atoms with Crippen LogP contribution in [0.15, 0.2) is 57.9 Å². The van der Waals surface area contributed by atoms with Crippen molar-refractivity contribution >= 4 is 33.7 Å². The fourth-order valence-electron chi connectivity index (χ4n) is 3.40. The molecule has 2 unspecified atom stereocenters. The van der Waals surface area contributed by atoms with Gasteiger partial charge in [0.25, 0.3) is 0 Å². The Morgan fingerprint density at radius 2 is 2.00 bits per heavy atom. The van der Waals surface area contributed by atoms with Gasteiger partial charge >= 0.3 is 5.97 Å². The number of hydrogen-bond donors (Lipinski definition) is 1. The number of carboxylic acid groups (broad SMARTS) is 1. The first-order chi connectivity index (χ1) is 11.6. The molecule has 2 aromatic rings. The fraction of sp³-hybridized carbons (Fsp3) is 0.316. The van der Waals surface area contributed by atoms with Crippen molar-refractivity contribution in [2.45, 2.75) is 29.8 Å². The monoisotopic (exact) mass is 405 g/mol. The molecule has 1 fully saturated rings. The topological polar surface area (TPSA) is 40.5 Å². The second-order valence-corrected chi connectivity index (χ2v) is 7.76. The highest BCUT2D eigenvalue weighted by Gasteiger charge is 2.36. The van der Waals surface area contributed by atoms with Crippen LogP contribution in [0.1, 0.15) is 30.0 Å². The Bertz CT molecular complexity index is 720. The van der Waals surface area contributed by atoms with Gasteiger partial charge in [0.1, 0.15) is 6.04 Å². The third-order valence-electron chi connectivity index (χ3n) is 4.51. The van der Waals surface area contributed by atoms with Crippen LogP contribution in [0.3, 0.4) is 0 Å². The van der Waals surface area contributed by atoms with Crippen LogP contribution in [-0.4, -0.2) is 34.8 Å². The Morgan fingerprint density at radius 3 is 2.62 bits per heavy atom. The van der Waals surface area contributed by atoms with E-state index in [1.807, 2.05) is 12.1 Å². The highest BCUT2D eigenvalue weighted by atomic mass is 79.9. The summed E-state index contributed by atoms with van der Waals surface area (Å²) in [4.78, 5) is 15.0. The van der Waals surface area contributed by atoms with Crippen LogP contribution in [-0.2, 0) is 4.79 Å². The van der Waals surface area contributed by atoms with Crippen molar-refractivity contribution in [3.63, 3.8) is 0 Å². The lowest BCUT2D eigenvalue weighted by molar-refractivity contribution is -0.142. The predicted octanol–water partition coefficient (Wildman–Crippen LogP) is 4.81. The van der Waals surface area contributed by atoms with E-state index in [4.69, 9.17) is 0 Å². The number of aliphatic carboxylic acids is 1. The quantitative estimate of drug-likeness (QED) is 0.724. The van der Waals surface area contributed by atoms with Gasteiger partial charge in [0, 0.05) is 15.9 Å². The van der Waals surface area contributed by atoms with Crippen LogP contribution in [0.4, 0.5) is 0 Å². The van der Waals surface area contributed by atoms with E-state index in [2.05, 4.69) is 63.5 Å². The van der Waals surface area contributed by atoms with Crippen LogP contribution >= 0.6 is 27.7 Å². The molecule has 0 amide bonds. The number of nitrogens with zero attached hydrogens (tertiary/aromatic N) is 1. The molecule has 2 atom stereocenters. The van der Waals surface area contributed by atoms with Crippen LogP contribution in [0, 0.1) is 0 Å². The first-order valence-corrected chi connectivity index (χ1v) is 10.00. The zero-order valence-electron chi connectivity index (χ0n) is 13.5. The summed E-state index contributed by atoms with van der Waals surface area (Å²) < 4.78 is 1.01. The molecule has 2 aromatic carbocycles. The summed E-state index contributed by atoms with van der Waals surface area (Å²) in [6.07, 6.45) is 3.69. The molecule has 1 heterocycles. The molecule has 24 heavy (non-hydrogen) atoms. The Kier molecular flexibility index (Phi) is 5.64. The Morgan fingerprint density at radius 1 is 1.25 bits per heavy atom. The molecule has 0 saturated carbocycles. The molecule has 0 aliphatic carbocycles. The van der Waals surface area contributed by atoms with E-state index in [9.17, 15) is 9.90 Å². The molecular formula is C19H20BrNO2S. The number of halogens is 1. The van der Waals surface area contributed by atoms with Gasteiger partial charge < -0.3 is 5.11 Å². The van der Waals surface area contributed by atoms with Gasteiger partial charge in [-0.05, 0) is 54.5 Å². The standard InChI is InChI=1S/C19H20BrNO2S/c1-24-16-9-7-13(8-10-16)18(14-4-2-5-15(20)12-14)21-11-3-6-17(21)19(22)23/h2,4-5,7-10,12,17-18H,3,6,11H2,1H3,(H,22,23). The second kappa shape index (κ2) is 7.72. The van der Waals surface area contributed by atoms with Crippen molar-refractivity contribution in [1.82, 2.24) is 4.90 Å². The molecule has 0 spiro atoms. The lowest BCUT2D eigenvalue weighted by atomic mass is 9.96. The average molecular weight is 406 g/mol. The molecule has 5 heteroatoms. The lowest BCUT2D eigenvalue weighted by Gasteiger charge is -2.32. The molecule has 3 nitrogen and oxygen atoms in total. The first-order valence-electron chi connectivity index (χ1n) is 7.98. The highest BCUT2D eigenvalue weighted by molar-refractivity contribution is 9.10. The van der Waals surface area contributed by atoms with Crippen molar-refractivity contribution in [1.29, 1.82) is 0 Å². The lowest BCUT2D eigenvalue weighted by Crippen LogP contribution is -2.39. The highest BCUT2D eigenvalue weighted by Crippen LogP contribution is 2.36. The van der Waals surface area contributed by atoms with Crippen molar-refractivity contribution in [2.75, 3.05) is 12.8 Å². The van der Waals surface area contributed by atoms with Gasteiger partial charge in [-0.2, -0.15) is 0 Å². The molecular weight excluding hydrogens is 386 g/mol. The van der Waals surface area contributed by atoms with E-state index in [0.29, 0.717) is 6.42 Å². The molecule has 126 valence electrons. The van der Waals surface area contributed by atoms with Gasteiger partial charge in [0.2, 0.25) is 0 Å². The predicted molar refractivity (Wildman–Crippen MR) is 102 cm³/mol. The number of benzene rings is 2. The van der Waals surface area contributed by atoms with Crippen LogP contribution in [0.25, 0.3) is 0 Å². The van der Waals surface area contributed by atoms with Crippen LogP contribution in [0.2, 0.25) is 0 Å². The summed E-state index contributed by atoms with van der Waals surface area (Å²) in [5.41, 5.74) is 2.26. The minimum Gasteiger partial charge on any atom is -0.480 e. The van der Waals surface area contributed by atoms with E-state index < -0.39 is 12.0 Å². The largest absolute Gasteiger partial charge is 0.480 e. The average Bonchev–Trinajstić information content (AvgIpc) is 3.05. The minimum atomic E-state index is -0.728. The minimum absolute atomic E-state index is 0.0398. The summed E-state index contributed by atoms with van der Waals surface area (Å²) in [6.45, 7) is 0.804. The molecule has 1 aliphatic rings.